The number of nitrogens with zero attached hydrogens (tertiary/aromatic N) is 2. The van der Waals surface area contributed by atoms with E-state index in [0.29, 0.717) is 11.1 Å². The molecule has 34 heavy (non-hydrogen) atoms. The molecule has 0 saturated carbocycles. The van der Waals surface area contributed by atoms with E-state index in [1.54, 1.807) is 0 Å². The summed E-state index contributed by atoms with van der Waals surface area (Å²) in [5.41, 5.74) is 6.88. The third-order valence-corrected chi connectivity index (χ3v) is 7.46. The fourth-order valence-corrected chi connectivity index (χ4v) is 5.94. The molecule has 1 aliphatic heterocycles. The molecule has 3 aromatic carbocycles. The molecule has 4 nitrogen and oxygen atoms in total. The molecule has 5 heteroatoms. The average molecular weight is 465 g/mol. The van der Waals surface area contributed by atoms with Gasteiger partial charge in [-0.1, -0.05) is 78.1 Å². The number of benzene rings is 3. The summed E-state index contributed by atoms with van der Waals surface area (Å²) in [4.78, 5) is 19.5. The van der Waals surface area contributed by atoms with Crippen LogP contribution in [0.1, 0.15) is 41.6 Å². The number of fused-ring (bicyclic) bond motifs is 3. The standard InChI is InChI=1S/C29H24N2O2S/c1-2-33-22-15-12-19(13-16-22)18-25-28(32)31-27(21-9-4-3-5-10-21)24-17-14-20-8-6-7-11-23(20)26(24)30-29(31)34-25/h3-13,15-16,18,27H,2,14,17H2,1H3/b25-18-/t27-/m1/s1. The molecular formula is C29H24N2O2S. The SMILES string of the molecule is CCOc1ccc(/C=c2\sc3n(c2=O)[C@H](c2ccccc2)C2=C(N=3)c3ccccc3CC2)cc1. The van der Waals surface area contributed by atoms with E-state index in [9.17, 15) is 4.79 Å². The Hall–Kier alpha value is -3.70. The highest BCUT2D eigenvalue weighted by molar-refractivity contribution is 7.07. The predicted molar refractivity (Wildman–Crippen MR) is 137 cm³/mol. The Kier molecular flexibility index (Phi) is 5.27. The van der Waals surface area contributed by atoms with Crippen LogP contribution in [0, 0.1) is 0 Å². The Morgan fingerprint density at radius 1 is 1.00 bits per heavy atom. The molecule has 1 aromatic heterocycles. The van der Waals surface area contributed by atoms with E-state index < -0.39 is 0 Å². The van der Waals surface area contributed by atoms with Crippen LogP contribution in [0.25, 0.3) is 11.8 Å². The minimum absolute atomic E-state index is 0.0110. The molecule has 0 amide bonds. The van der Waals surface area contributed by atoms with Gasteiger partial charge in [-0.25, -0.2) is 4.99 Å². The third-order valence-electron chi connectivity index (χ3n) is 6.48. The summed E-state index contributed by atoms with van der Waals surface area (Å²) in [6.07, 6.45) is 3.82. The summed E-state index contributed by atoms with van der Waals surface area (Å²) in [5, 5.41) is 0. The topological polar surface area (TPSA) is 43.6 Å². The van der Waals surface area contributed by atoms with Crippen molar-refractivity contribution in [1.29, 1.82) is 0 Å². The second-order valence-electron chi connectivity index (χ2n) is 8.53. The van der Waals surface area contributed by atoms with Gasteiger partial charge in [-0.15, -0.1) is 0 Å². The minimum Gasteiger partial charge on any atom is -0.494 e. The maximum atomic E-state index is 13.7. The quantitative estimate of drug-likeness (QED) is 0.439. The number of thiazole rings is 1. The van der Waals surface area contributed by atoms with Crippen LogP contribution in [0.15, 0.2) is 94.2 Å². The van der Waals surface area contributed by atoms with Gasteiger partial charge >= 0.3 is 0 Å². The lowest BCUT2D eigenvalue weighted by atomic mass is 9.83. The first-order chi connectivity index (χ1) is 16.7. The highest BCUT2D eigenvalue weighted by atomic mass is 32.1. The molecule has 0 unspecified atom stereocenters. The highest BCUT2D eigenvalue weighted by Gasteiger charge is 2.32. The van der Waals surface area contributed by atoms with Crippen molar-refractivity contribution in [3.63, 3.8) is 0 Å². The van der Waals surface area contributed by atoms with Gasteiger partial charge < -0.3 is 4.74 Å². The van der Waals surface area contributed by atoms with Gasteiger partial charge in [0.05, 0.1) is 22.9 Å². The molecule has 0 saturated heterocycles. The zero-order chi connectivity index (χ0) is 23.1. The van der Waals surface area contributed by atoms with Crippen LogP contribution in [0.4, 0.5) is 0 Å². The van der Waals surface area contributed by atoms with E-state index in [4.69, 9.17) is 9.73 Å². The van der Waals surface area contributed by atoms with E-state index in [2.05, 4.69) is 36.4 Å². The lowest BCUT2D eigenvalue weighted by molar-refractivity contribution is 0.340. The Morgan fingerprint density at radius 2 is 1.76 bits per heavy atom. The lowest BCUT2D eigenvalue weighted by Crippen LogP contribution is -2.38. The first kappa shape index (κ1) is 20.9. The fraction of sp³-hybridized carbons (Fsp3) is 0.172. The van der Waals surface area contributed by atoms with Gasteiger partial charge in [-0.05, 0) is 60.2 Å². The van der Waals surface area contributed by atoms with E-state index in [1.165, 1.54) is 28.0 Å². The smallest absolute Gasteiger partial charge is 0.271 e. The van der Waals surface area contributed by atoms with E-state index >= 15 is 0 Å². The van der Waals surface area contributed by atoms with Gasteiger partial charge in [0.15, 0.2) is 4.80 Å². The normalized spacial score (nSPS) is 17.0. The third kappa shape index (κ3) is 3.53. The summed E-state index contributed by atoms with van der Waals surface area (Å²) in [5.74, 6) is 0.830. The molecule has 0 bridgehead atoms. The average Bonchev–Trinajstić information content (AvgIpc) is 3.19. The van der Waals surface area contributed by atoms with Crippen LogP contribution >= 0.6 is 11.3 Å². The lowest BCUT2D eigenvalue weighted by Gasteiger charge is -2.30. The van der Waals surface area contributed by atoms with E-state index in [1.807, 2.05) is 60.0 Å². The van der Waals surface area contributed by atoms with Crippen molar-refractivity contribution >= 4 is 23.1 Å². The largest absolute Gasteiger partial charge is 0.494 e. The minimum atomic E-state index is -0.136. The molecule has 0 radical (unpaired) electrons. The van der Waals surface area contributed by atoms with Gasteiger partial charge in [0.25, 0.3) is 5.56 Å². The zero-order valence-corrected chi connectivity index (χ0v) is 19.7. The van der Waals surface area contributed by atoms with Crippen molar-refractivity contribution < 1.29 is 4.74 Å². The Labute approximate surface area is 201 Å². The van der Waals surface area contributed by atoms with Crippen molar-refractivity contribution in [2.24, 2.45) is 4.99 Å². The molecule has 1 aliphatic carbocycles. The van der Waals surface area contributed by atoms with Gasteiger partial charge in [0.2, 0.25) is 0 Å². The number of allylic oxidation sites excluding steroid dienone is 1. The molecule has 2 heterocycles. The monoisotopic (exact) mass is 464 g/mol. The van der Waals surface area contributed by atoms with Crippen molar-refractivity contribution in [2.45, 2.75) is 25.8 Å². The number of aryl methyl sites for hydroxylation is 1. The second kappa shape index (κ2) is 8.58. The highest BCUT2D eigenvalue weighted by Crippen LogP contribution is 2.41. The first-order valence-electron chi connectivity index (χ1n) is 11.6. The zero-order valence-electron chi connectivity index (χ0n) is 18.9. The van der Waals surface area contributed by atoms with Gasteiger partial charge in [-0.3, -0.25) is 9.36 Å². The van der Waals surface area contributed by atoms with Crippen molar-refractivity contribution in [2.75, 3.05) is 6.61 Å². The molecule has 0 spiro atoms. The van der Waals surface area contributed by atoms with E-state index in [-0.39, 0.29) is 11.6 Å². The Balaban J connectivity index is 1.55. The molecule has 6 rings (SSSR count). The Bertz CT molecular complexity index is 1580. The maximum Gasteiger partial charge on any atom is 0.271 e. The Morgan fingerprint density at radius 3 is 2.56 bits per heavy atom. The number of hydrogen-bond donors (Lipinski definition) is 0. The van der Waals surface area contributed by atoms with Gasteiger partial charge in [0, 0.05) is 5.56 Å². The van der Waals surface area contributed by atoms with Crippen LogP contribution < -0.4 is 19.6 Å². The summed E-state index contributed by atoms with van der Waals surface area (Å²) < 4.78 is 8.14. The summed E-state index contributed by atoms with van der Waals surface area (Å²) in [7, 11) is 0. The molecular weight excluding hydrogens is 440 g/mol. The van der Waals surface area contributed by atoms with Gasteiger partial charge in [0.1, 0.15) is 5.75 Å². The summed E-state index contributed by atoms with van der Waals surface area (Å²) in [6.45, 7) is 2.60. The van der Waals surface area contributed by atoms with E-state index in [0.717, 1.165) is 40.2 Å². The molecule has 0 fully saturated rings. The summed E-state index contributed by atoms with van der Waals surface area (Å²) in [6, 6.07) is 26.6. The van der Waals surface area contributed by atoms with Crippen molar-refractivity contribution in [3.8, 4) is 5.75 Å². The molecule has 2 aliphatic rings. The molecule has 4 aromatic rings. The predicted octanol–water partition coefficient (Wildman–Crippen LogP) is 4.72. The first-order valence-corrected chi connectivity index (χ1v) is 12.5. The maximum absolute atomic E-state index is 13.7. The number of aromatic nitrogens is 1. The van der Waals surface area contributed by atoms with Crippen molar-refractivity contribution in [3.05, 3.63) is 126 Å². The van der Waals surface area contributed by atoms with Crippen LogP contribution in [0.2, 0.25) is 0 Å². The van der Waals surface area contributed by atoms with Crippen LogP contribution in [0.5, 0.6) is 5.75 Å². The molecule has 0 N–H and O–H groups in total. The summed E-state index contributed by atoms with van der Waals surface area (Å²) >= 11 is 1.46. The molecule has 168 valence electrons. The molecule has 1 atom stereocenters. The van der Waals surface area contributed by atoms with Crippen LogP contribution in [-0.4, -0.2) is 11.2 Å². The fourth-order valence-electron chi connectivity index (χ4n) is 4.94. The van der Waals surface area contributed by atoms with Gasteiger partial charge in [-0.2, -0.15) is 0 Å². The van der Waals surface area contributed by atoms with Crippen LogP contribution in [0.3, 0.4) is 0 Å². The van der Waals surface area contributed by atoms with Crippen LogP contribution in [-0.2, 0) is 6.42 Å². The number of ether oxygens (including phenoxy) is 1. The second-order valence-corrected chi connectivity index (χ2v) is 9.54. The number of rotatable bonds is 4. The number of hydrogen-bond acceptors (Lipinski definition) is 4. The van der Waals surface area contributed by atoms with Crippen molar-refractivity contribution in [1.82, 2.24) is 4.57 Å².